The van der Waals surface area contributed by atoms with Crippen molar-refractivity contribution in [3.63, 3.8) is 0 Å². The summed E-state index contributed by atoms with van der Waals surface area (Å²) in [6.45, 7) is 6.32. The van der Waals surface area contributed by atoms with E-state index in [0.29, 0.717) is 32.2 Å². The molecule has 1 saturated heterocycles. The van der Waals surface area contributed by atoms with Crippen LogP contribution in [0.5, 0.6) is 0 Å². The first kappa shape index (κ1) is 13.9. The summed E-state index contributed by atoms with van der Waals surface area (Å²) < 4.78 is 5.17. The largest absolute Gasteiger partial charge is 0.378 e. The van der Waals surface area contributed by atoms with E-state index in [4.69, 9.17) is 4.74 Å². The van der Waals surface area contributed by atoms with Crippen molar-refractivity contribution in [2.75, 3.05) is 32.8 Å². The Morgan fingerprint density at radius 2 is 2.18 bits per heavy atom. The number of nitrogens with one attached hydrogen (secondary N) is 3. The van der Waals surface area contributed by atoms with Gasteiger partial charge in [0.05, 0.1) is 19.8 Å². The number of carbonyl (C=O) groups excluding carboxylic acids is 2. The smallest absolute Gasteiger partial charge is 0.239 e. The van der Waals surface area contributed by atoms with Gasteiger partial charge in [-0.2, -0.15) is 0 Å². The number of carbonyl (C=O) groups is 2. The highest BCUT2D eigenvalue weighted by Gasteiger charge is 2.21. The monoisotopic (exact) mass is 243 g/mol. The van der Waals surface area contributed by atoms with Crippen molar-refractivity contribution in [3.8, 4) is 0 Å². The molecular weight excluding hydrogens is 222 g/mol. The van der Waals surface area contributed by atoms with E-state index in [0.717, 1.165) is 0 Å². The maximum Gasteiger partial charge on any atom is 0.239 e. The average molecular weight is 243 g/mol. The molecule has 1 fully saturated rings. The minimum absolute atomic E-state index is 0.0176. The van der Waals surface area contributed by atoms with Crippen molar-refractivity contribution in [1.82, 2.24) is 16.0 Å². The lowest BCUT2D eigenvalue weighted by Gasteiger charge is -2.22. The molecule has 3 N–H and O–H groups in total. The number of amides is 2. The molecule has 2 amide bonds. The number of rotatable bonds is 5. The quantitative estimate of drug-likeness (QED) is 0.570. The molecule has 1 rings (SSSR count). The maximum atomic E-state index is 11.6. The molecule has 1 unspecified atom stereocenters. The topological polar surface area (TPSA) is 79.5 Å². The fraction of sp³-hybridized carbons (Fsp3) is 0.818. The zero-order valence-corrected chi connectivity index (χ0v) is 10.4. The summed E-state index contributed by atoms with van der Waals surface area (Å²) in [4.78, 5) is 23.0. The third-order valence-electron chi connectivity index (χ3n) is 2.37. The van der Waals surface area contributed by atoms with Crippen molar-refractivity contribution in [2.45, 2.75) is 19.9 Å². The van der Waals surface area contributed by atoms with Gasteiger partial charge in [-0.15, -0.1) is 0 Å². The van der Waals surface area contributed by atoms with Gasteiger partial charge < -0.3 is 20.7 Å². The van der Waals surface area contributed by atoms with Crippen molar-refractivity contribution in [3.05, 3.63) is 0 Å². The molecular formula is C11H21N3O3. The Labute approximate surface area is 101 Å². The highest BCUT2D eigenvalue weighted by Crippen LogP contribution is 1.92. The fourth-order valence-electron chi connectivity index (χ4n) is 1.40. The first-order valence-corrected chi connectivity index (χ1v) is 5.95. The SMILES string of the molecule is CC(C)CNC(=O)CNC(=O)C1COCCN1. The number of ether oxygens (including phenoxy) is 1. The number of hydrogen-bond donors (Lipinski definition) is 3. The summed E-state index contributed by atoms with van der Waals surface area (Å²) >= 11 is 0. The summed E-state index contributed by atoms with van der Waals surface area (Å²) in [6, 6.07) is -0.346. The summed E-state index contributed by atoms with van der Waals surface area (Å²) in [5.74, 6) is 0.0521. The Bertz CT molecular complexity index is 263. The van der Waals surface area contributed by atoms with E-state index in [1.165, 1.54) is 0 Å². The summed E-state index contributed by atoms with van der Waals surface area (Å²) in [6.07, 6.45) is 0. The van der Waals surface area contributed by atoms with Gasteiger partial charge in [-0.3, -0.25) is 9.59 Å². The highest BCUT2D eigenvalue weighted by atomic mass is 16.5. The van der Waals surface area contributed by atoms with Crippen LogP contribution in [-0.4, -0.2) is 50.7 Å². The molecule has 6 heteroatoms. The molecule has 0 aromatic rings. The molecule has 98 valence electrons. The lowest BCUT2D eigenvalue weighted by molar-refractivity contribution is -0.129. The van der Waals surface area contributed by atoms with Crippen LogP contribution in [0.15, 0.2) is 0 Å². The van der Waals surface area contributed by atoms with Gasteiger partial charge >= 0.3 is 0 Å². The molecule has 0 saturated carbocycles. The Balaban J connectivity index is 2.16. The van der Waals surface area contributed by atoms with Gasteiger partial charge in [0.2, 0.25) is 11.8 Å². The molecule has 1 aliphatic heterocycles. The molecule has 0 aliphatic carbocycles. The lowest BCUT2D eigenvalue weighted by Crippen LogP contribution is -2.52. The van der Waals surface area contributed by atoms with Crippen molar-refractivity contribution < 1.29 is 14.3 Å². The minimum Gasteiger partial charge on any atom is -0.378 e. The van der Waals surface area contributed by atoms with E-state index in [9.17, 15) is 9.59 Å². The fourth-order valence-corrected chi connectivity index (χ4v) is 1.40. The second-order valence-corrected chi connectivity index (χ2v) is 4.50. The summed E-state index contributed by atoms with van der Waals surface area (Å²) in [5, 5.41) is 8.34. The first-order valence-electron chi connectivity index (χ1n) is 5.95. The normalized spacial score (nSPS) is 20.1. The van der Waals surface area contributed by atoms with E-state index >= 15 is 0 Å². The third-order valence-corrected chi connectivity index (χ3v) is 2.37. The molecule has 0 radical (unpaired) electrons. The predicted molar refractivity (Wildman–Crippen MR) is 63.5 cm³/mol. The maximum absolute atomic E-state index is 11.6. The van der Waals surface area contributed by atoms with Crippen LogP contribution in [0, 0.1) is 5.92 Å². The molecule has 0 bridgehead atoms. The van der Waals surface area contributed by atoms with E-state index in [1.54, 1.807) is 0 Å². The van der Waals surface area contributed by atoms with E-state index in [1.807, 2.05) is 13.8 Å². The summed E-state index contributed by atoms with van der Waals surface area (Å²) in [7, 11) is 0. The molecule has 1 atom stereocenters. The lowest BCUT2D eigenvalue weighted by atomic mass is 10.2. The van der Waals surface area contributed by atoms with E-state index < -0.39 is 0 Å². The van der Waals surface area contributed by atoms with Crippen LogP contribution in [-0.2, 0) is 14.3 Å². The Hall–Kier alpha value is -1.14. The zero-order valence-electron chi connectivity index (χ0n) is 10.4. The van der Waals surface area contributed by atoms with Gasteiger partial charge in [-0.25, -0.2) is 0 Å². The zero-order chi connectivity index (χ0) is 12.7. The number of morpholine rings is 1. The Morgan fingerprint density at radius 3 is 2.76 bits per heavy atom. The predicted octanol–water partition coefficient (Wildman–Crippen LogP) is -1.14. The molecule has 0 spiro atoms. The van der Waals surface area contributed by atoms with Crippen LogP contribution < -0.4 is 16.0 Å². The summed E-state index contributed by atoms with van der Waals surface area (Å²) in [5.41, 5.74) is 0. The molecule has 1 heterocycles. The Kier molecular flexibility index (Phi) is 5.93. The van der Waals surface area contributed by atoms with Crippen molar-refractivity contribution >= 4 is 11.8 Å². The van der Waals surface area contributed by atoms with Crippen LogP contribution in [0.3, 0.4) is 0 Å². The molecule has 17 heavy (non-hydrogen) atoms. The van der Waals surface area contributed by atoms with Gasteiger partial charge in [0.25, 0.3) is 0 Å². The van der Waals surface area contributed by atoms with Gasteiger partial charge in [0.15, 0.2) is 0 Å². The average Bonchev–Trinajstić information content (AvgIpc) is 2.34. The number of hydrogen-bond acceptors (Lipinski definition) is 4. The molecule has 6 nitrogen and oxygen atoms in total. The second kappa shape index (κ2) is 7.24. The third kappa shape index (κ3) is 5.65. The first-order chi connectivity index (χ1) is 8.09. The van der Waals surface area contributed by atoms with Crippen LogP contribution in [0.4, 0.5) is 0 Å². The van der Waals surface area contributed by atoms with E-state index in [2.05, 4.69) is 16.0 Å². The molecule has 0 aromatic heterocycles. The Morgan fingerprint density at radius 1 is 1.41 bits per heavy atom. The van der Waals surface area contributed by atoms with Crippen LogP contribution in [0.1, 0.15) is 13.8 Å². The van der Waals surface area contributed by atoms with Crippen molar-refractivity contribution in [2.24, 2.45) is 5.92 Å². The van der Waals surface area contributed by atoms with Gasteiger partial charge in [-0.05, 0) is 5.92 Å². The molecule has 1 aliphatic rings. The van der Waals surface area contributed by atoms with Gasteiger partial charge in [-0.1, -0.05) is 13.8 Å². The van der Waals surface area contributed by atoms with Crippen LogP contribution >= 0.6 is 0 Å². The van der Waals surface area contributed by atoms with Crippen molar-refractivity contribution in [1.29, 1.82) is 0 Å². The van der Waals surface area contributed by atoms with Gasteiger partial charge in [0.1, 0.15) is 6.04 Å². The molecule has 0 aromatic carbocycles. The minimum atomic E-state index is -0.346. The van der Waals surface area contributed by atoms with E-state index in [-0.39, 0.29) is 24.4 Å². The standard InChI is InChI=1S/C11H21N3O3/c1-8(2)5-13-10(15)6-14-11(16)9-7-17-4-3-12-9/h8-9,12H,3-7H2,1-2H3,(H,13,15)(H,14,16). The highest BCUT2D eigenvalue weighted by molar-refractivity contribution is 5.87. The second-order valence-electron chi connectivity index (χ2n) is 4.50. The van der Waals surface area contributed by atoms with Crippen LogP contribution in [0.2, 0.25) is 0 Å². The van der Waals surface area contributed by atoms with Gasteiger partial charge in [0, 0.05) is 13.1 Å². The van der Waals surface area contributed by atoms with Crippen LogP contribution in [0.25, 0.3) is 0 Å².